The average molecular weight is 517 g/mol. The zero-order valence-corrected chi connectivity index (χ0v) is 21.4. The lowest BCUT2D eigenvalue weighted by Gasteiger charge is -2.32. The summed E-state index contributed by atoms with van der Waals surface area (Å²) in [7, 11) is 0. The first-order valence-electron chi connectivity index (χ1n) is 12.2. The smallest absolute Gasteiger partial charge is 0.283 e. The minimum absolute atomic E-state index is 0.0270. The number of piperidine rings is 1. The van der Waals surface area contributed by atoms with E-state index in [1.807, 2.05) is 43.0 Å². The highest BCUT2D eigenvalue weighted by molar-refractivity contribution is 7.98. The van der Waals surface area contributed by atoms with Crippen molar-refractivity contribution < 1.29 is 9.72 Å². The molecule has 2 aromatic heterocycles. The monoisotopic (exact) mass is 516 g/mol. The maximum Gasteiger partial charge on any atom is 0.283 e. The van der Waals surface area contributed by atoms with E-state index < -0.39 is 4.92 Å². The van der Waals surface area contributed by atoms with Gasteiger partial charge in [-0.2, -0.15) is 0 Å². The summed E-state index contributed by atoms with van der Waals surface area (Å²) in [6.45, 7) is 2.55. The number of rotatable bonds is 8. The highest BCUT2D eigenvalue weighted by Crippen LogP contribution is 2.31. The molecule has 1 amide bonds. The molecule has 1 aliphatic rings. The van der Waals surface area contributed by atoms with E-state index in [1.54, 1.807) is 23.3 Å². The molecule has 0 aliphatic carbocycles. The summed E-state index contributed by atoms with van der Waals surface area (Å²) in [4.78, 5) is 35.7. The molecule has 0 bridgehead atoms. The fourth-order valence-corrected chi connectivity index (χ4v) is 5.42. The Morgan fingerprint density at radius 1 is 1.03 bits per heavy atom. The Kier molecular flexibility index (Phi) is 7.36. The second-order valence-corrected chi connectivity index (χ2v) is 9.93. The molecule has 5 rings (SSSR count). The first-order valence-corrected chi connectivity index (χ1v) is 13.4. The Balaban J connectivity index is 1.24. The fraction of sp³-hybridized carbons (Fsp3) is 0.296. The summed E-state index contributed by atoms with van der Waals surface area (Å²) < 4.78 is 4.30. The Bertz CT molecular complexity index is 1390. The number of carbonyl (C=O) groups excluding carboxylic acids is 1. The number of nitro groups is 1. The van der Waals surface area contributed by atoms with Crippen molar-refractivity contribution in [2.75, 3.05) is 19.3 Å². The number of nitrogens with zero attached hydrogens (tertiary/aromatic N) is 6. The normalized spacial score (nSPS) is 14.1. The van der Waals surface area contributed by atoms with Crippen LogP contribution in [0, 0.1) is 10.1 Å². The van der Waals surface area contributed by atoms with Gasteiger partial charge in [-0.1, -0.05) is 30.3 Å². The molecule has 10 heteroatoms. The molecule has 0 unspecified atom stereocenters. The third kappa shape index (κ3) is 5.43. The molecule has 37 heavy (non-hydrogen) atoms. The standard InChI is InChI=1S/C27H28N6O3S/c1-37-24-8-7-22(17-23(24)33(35)36)27(34)30-13-9-21(10-14-30)26-29-12-16-32(26)19-25-28-11-15-31(25)18-20-5-3-2-4-6-20/h2-8,11-12,15-17,21H,9-10,13-14,18-19H2,1H3. The molecule has 1 saturated heterocycles. The van der Waals surface area contributed by atoms with Crippen molar-refractivity contribution in [3.8, 4) is 0 Å². The van der Waals surface area contributed by atoms with Crippen LogP contribution in [0.15, 0.2) is 78.2 Å². The lowest BCUT2D eigenvalue weighted by atomic mass is 9.95. The Labute approximate surface area is 219 Å². The number of benzene rings is 2. The number of hydrogen-bond donors (Lipinski definition) is 0. The van der Waals surface area contributed by atoms with Gasteiger partial charge in [0.05, 0.1) is 16.4 Å². The largest absolute Gasteiger partial charge is 0.339 e. The minimum atomic E-state index is -0.431. The van der Waals surface area contributed by atoms with Gasteiger partial charge in [0, 0.05) is 62.0 Å². The van der Waals surface area contributed by atoms with Gasteiger partial charge >= 0.3 is 0 Å². The number of hydrogen-bond acceptors (Lipinski definition) is 6. The molecular weight excluding hydrogens is 488 g/mol. The van der Waals surface area contributed by atoms with Crippen LogP contribution in [0.5, 0.6) is 0 Å². The van der Waals surface area contributed by atoms with Crippen molar-refractivity contribution >= 4 is 23.4 Å². The third-order valence-electron chi connectivity index (χ3n) is 6.83. The van der Waals surface area contributed by atoms with Crippen molar-refractivity contribution in [1.82, 2.24) is 24.0 Å². The maximum absolute atomic E-state index is 13.1. The first kappa shape index (κ1) is 24.8. The van der Waals surface area contributed by atoms with Gasteiger partial charge in [0.2, 0.25) is 0 Å². The van der Waals surface area contributed by atoms with Crippen LogP contribution >= 0.6 is 11.8 Å². The van der Waals surface area contributed by atoms with Gasteiger partial charge < -0.3 is 14.0 Å². The average Bonchev–Trinajstić information content (AvgIpc) is 3.58. The van der Waals surface area contributed by atoms with Crippen molar-refractivity contribution in [1.29, 1.82) is 0 Å². The van der Waals surface area contributed by atoms with E-state index in [2.05, 4.69) is 31.2 Å². The first-order chi connectivity index (χ1) is 18.0. The highest BCUT2D eigenvalue weighted by atomic mass is 32.2. The van der Waals surface area contributed by atoms with E-state index in [0.717, 1.165) is 31.0 Å². The van der Waals surface area contributed by atoms with Gasteiger partial charge in [-0.3, -0.25) is 14.9 Å². The predicted octanol–water partition coefficient (Wildman–Crippen LogP) is 4.83. The molecule has 0 atom stereocenters. The van der Waals surface area contributed by atoms with Gasteiger partial charge in [-0.15, -0.1) is 11.8 Å². The van der Waals surface area contributed by atoms with Crippen LogP contribution in [0.3, 0.4) is 0 Å². The third-order valence-corrected chi connectivity index (χ3v) is 7.61. The van der Waals surface area contributed by atoms with Crippen LogP contribution in [0.1, 0.15) is 46.3 Å². The molecule has 0 spiro atoms. The topological polar surface area (TPSA) is 99.1 Å². The highest BCUT2D eigenvalue weighted by Gasteiger charge is 2.28. The number of imidazole rings is 2. The van der Waals surface area contributed by atoms with Crippen molar-refractivity contribution in [2.45, 2.75) is 36.7 Å². The van der Waals surface area contributed by atoms with Crippen LogP contribution in [-0.2, 0) is 13.1 Å². The summed E-state index contributed by atoms with van der Waals surface area (Å²) in [5.41, 5.74) is 1.55. The lowest BCUT2D eigenvalue weighted by Crippen LogP contribution is -2.38. The van der Waals surface area contributed by atoms with Gasteiger partial charge in [0.1, 0.15) is 11.6 Å². The molecule has 1 fully saturated rings. The molecule has 3 heterocycles. The molecule has 9 nitrogen and oxygen atoms in total. The fourth-order valence-electron chi connectivity index (χ4n) is 4.87. The van der Waals surface area contributed by atoms with Crippen LogP contribution in [0.25, 0.3) is 0 Å². The Morgan fingerprint density at radius 2 is 1.76 bits per heavy atom. The molecular formula is C27H28N6O3S. The summed E-state index contributed by atoms with van der Waals surface area (Å²) in [6.07, 6.45) is 11.0. The Morgan fingerprint density at radius 3 is 2.49 bits per heavy atom. The molecule has 2 aromatic carbocycles. The van der Waals surface area contributed by atoms with E-state index in [4.69, 9.17) is 0 Å². The SMILES string of the molecule is CSc1ccc(C(=O)N2CCC(c3nccn3Cc3nccn3Cc3ccccc3)CC2)cc1[N+](=O)[O-]. The van der Waals surface area contributed by atoms with Crippen molar-refractivity contribution in [2.24, 2.45) is 0 Å². The zero-order chi connectivity index (χ0) is 25.8. The van der Waals surface area contributed by atoms with Crippen LogP contribution < -0.4 is 0 Å². The minimum Gasteiger partial charge on any atom is -0.339 e. The van der Waals surface area contributed by atoms with E-state index in [9.17, 15) is 14.9 Å². The quantitative estimate of drug-likeness (QED) is 0.189. The van der Waals surface area contributed by atoms with E-state index in [1.165, 1.54) is 23.4 Å². The lowest BCUT2D eigenvalue weighted by molar-refractivity contribution is -0.387. The molecule has 1 aliphatic heterocycles. The Hall–Kier alpha value is -3.92. The summed E-state index contributed by atoms with van der Waals surface area (Å²) in [6, 6.07) is 15.0. The van der Waals surface area contributed by atoms with Crippen LogP contribution in [0.4, 0.5) is 5.69 Å². The van der Waals surface area contributed by atoms with Crippen LogP contribution in [0.2, 0.25) is 0 Å². The van der Waals surface area contributed by atoms with Gasteiger partial charge in [-0.25, -0.2) is 9.97 Å². The molecule has 4 aromatic rings. The number of carbonyl (C=O) groups is 1. The molecule has 190 valence electrons. The molecule has 0 N–H and O–H groups in total. The predicted molar refractivity (Wildman–Crippen MR) is 142 cm³/mol. The summed E-state index contributed by atoms with van der Waals surface area (Å²) in [5.74, 6) is 2.03. The van der Waals surface area contributed by atoms with Gasteiger partial charge in [0.15, 0.2) is 0 Å². The van der Waals surface area contributed by atoms with Crippen molar-refractivity contribution in [3.63, 3.8) is 0 Å². The van der Waals surface area contributed by atoms with Crippen molar-refractivity contribution in [3.05, 3.63) is 106 Å². The van der Waals surface area contributed by atoms with E-state index in [0.29, 0.717) is 30.1 Å². The number of aromatic nitrogens is 4. The summed E-state index contributed by atoms with van der Waals surface area (Å²) in [5, 5.41) is 11.4. The second kappa shape index (κ2) is 11.0. The van der Waals surface area contributed by atoms with E-state index >= 15 is 0 Å². The number of likely N-dealkylation sites (tertiary alicyclic amines) is 1. The maximum atomic E-state index is 13.1. The van der Waals surface area contributed by atoms with Gasteiger partial charge in [0.25, 0.3) is 11.6 Å². The summed E-state index contributed by atoms with van der Waals surface area (Å²) >= 11 is 1.30. The van der Waals surface area contributed by atoms with E-state index in [-0.39, 0.29) is 17.5 Å². The second-order valence-electron chi connectivity index (χ2n) is 9.08. The molecule has 0 radical (unpaired) electrons. The zero-order valence-electron chi connectivity index (χ0n) is 20.6. The van der Waals surface area contributed by atoms with Gasteiger partial charge in [-0.05, 0) is 36.8 Å². The van der Waals surface area contributed by atoms with Crippen LogP contribution in [-0.4, -0.2) is 54.2 Å². The number of nitro benzene ring substituents is 1. The number of amides is 1. The number of thioether (sulfide) groups is 1. The molecule has 0 saturated carbocycles.